The van der Waals surface area contributed by atoms with Crippen molar-refractivity contribution in [2.75, 3.05) is 19.0 Å². The van der Waals surface area contributed by atoms with Crippen molar-refractivity contribution in [2.45, 2.75) is 44.2 Å². The third-order valence-corrected chi connectivity index (χ3v) is 6.61. The number of pyridine rings is 1. The van der Waals surface area contributed by atoms with Crippen molar-refractivity contribution in [1.29, 1.82) is 0 Å². The van der Waals surface area contributed by atoms with Gasteiger partial charge < -0.3 is 30.2 Å². The molecule has 0 aromatic carbocycles. The van der Waals surface area contributed by atoms with Crippen LogP contribution >= 0.6 is 11.8 Å². The van der Waals surface area contributed by atoms with Crippen LogP contribution in [0.15, 0.2) is 41.9 Å². The number of aromatic nitrogens is 1. The number of ether oxygens (including phenoxy) is 3. The average molecular weight is 552 g/mol. The van der Waals surface area contributed by atoms with Crippen molar-refractivity contribution in [1.82, 2.24) is 9.88 Å². The molecule has 14 heteroatoms. The number of carboxylic acid groups (broad SMARTS) is 2. The predicted molar refractivity (Wildman–Crippen MR) is 134 cm³/mol. The lowest BCUT2D eigenvalue weighted by molar-refractivity contribution is -0.159. The number of amides is 1. The average Bonchev–Trinajstić information content (AvgIpc) is 2.92. The molecule has 0 aliphatic carbocycles. The van der Waals surface area contributed by atoms with Gasteiger partial charge in [-0.25, -0.2) is 19.2 Å². The van der Waals surface area contributed by atoms with Crippen LogP contribution in [-0.2, 0) is 33.4 Å². The highest BCUT2D eigenvalue weighted by Crippen LogP contribution is 2.40. The van der Waals surface area contributed by atoms with Gasteiger partial charge in [-0.1, -0.05) is 32.1 Å². The van der Waals surface area contributed by atoms with Crippen molar-refractivity contribution in [3.8, 4) is 0 Å². The Balaban J connectivity index is 0.000000757. The minimum Gasteiger partial charge on any atom is -0.473 e. The summed E-state index contributed by atoms with van der Waals surface area (Å²) in [5.41, 5.74) is 7.55. The van der Waals surface area contributed by atoms with Crippen LogP contribution in [0.2, 0.25) is 0 Å². The zero-order valence-corrected chi connectivity index (χ0v) is 21.6. The number of β-lactam (4-membered cyclic amide) rings is 1. The molecule has 1 fully saturated rings. The quantitative estimate of drug-likeness (QED) is 0.173. The molecule has 2 atom stereocenters. The molecular formula is C24H29N3O10S. The van der Waals surface area contributed by atoms with Gasteiger partial charge in [-0.15, -0.1) is 11.8 Å². The maximum absolute atomic E-state index is 12.8. The second-order valence-electron chi connectivity index (χ2n) is 7.83. The van der Waals surface area contributed by atoms with Crippen molar-refractivity contribution in [2.24, 2.45) is 5.73 Å². The van der Waals surface area contributed by atoms with Crippen LogP contribution < -0.4 is 5.73 Å². The summed E-state index contributed by atoms with van der Waals surface area (Å²) in [6, 6.07) is 3.04. The van der Waals surface area contributed by atoms with Gasteiger partial charge in [0.1, 0.15) is 36.4 Å². The van der Waals surface area contributed by atoms with Crippen LogP contribution in [0.25, 0.3) is 6.08 Å². The maximum Gasteiger partial charge on any atom is 0.508 e. The number of esters is 1. The Morgan fingerprint density at radius 3 is 2.39 bits per heavy atom. The van der Waals surface area contributed by atoms with E-state index in [1.165, 1.54) is 16.7 Å². The van der Waals surface area contributed by atoms with E-state index in [1.807, 2.05) is 26.0 Å². The molecule has 13 nitrogen and oxygen atoms in total. The fourth-order valence-electron chi connectivity index (χ4n) is 3.28. The van der Waals surface area contributed by atoms with E-state index in [9.17, 15) is 14.4 Å². The smallest absolute Gasteiger partial charge is 0.473 e. The largest absolute Gasteiger partial charge is 0.508 e. The van der Waals surface area contributed by atoms with Crippen molar-refractivity contribution in [3.05, 3.63) is 47.4 Å². The van der Waals surface area contributed by atoms with E-state index in [2.05, 4.69) is 4.98 Å². The number of nitrogens with two attached hydrogens (primary N) is 1. The summed E-state index contributed by atoms with van der Waals surface area (Å²) in [6.07, 6.45) is 7.33. The highest BCUT2D eigenvalue weighted by atomic mass is 32.2. The van der Waals surface area contributed by atoms with Crippen LogP contribution in [0.1, 0.15) is 32.3 Å². The second-order valence-corrected chi connectivity index (χ2v) is 8.94. The van der Waals surface area contributed by atoms with Gasteiger partial charge in [-0.05, 0) is 30.0 Å². The van der Waals surface area contributed by atoms with Gasteiger partial charge >= 0.3 is 24.1 Å². The van der Waals surface area contributed by atoms with E-state index in [4.69, 9.17) is 39.7 Å². The van der Waals surface area contributed by atoms with Gasteiger partial charge in [-0.3, -0.25) is 14.7 Å². The third-order valence-electron chi connectivity index (χ3n) is 5.29. The fraction of sp³-hybridized carbons (Fsp3) is 0.417. The molecule has 1 amide bonds. The first-order valence-corrected chi connectivity index (χ1v) is 12.6. The molecule has 1 saturated heterocycles. The summed E-state index contributed by atoms with van der Waals surface area (Å²) < 4.78 is 15.4. The molecule has 2 aliphatic heterocycles. The monoisotopic (exact) mass is 551 g/mol. The van der Waals surface area contributed by atoms with Gasteiger partial charge in [0.2, 0.25) is 5.91 Å². The zero-order valence-electron chi connectivity index (χ0n) is 20.8. The number of allylic oxidation sites excluding steroid dienone is 1. The molecular weight excluding hydrogens is 522 g/mol. The van der Waals surface area contributed by atoms with E-state index >= 15 is 0 Å². The first-order valence-electron chi connectivity index (χ1n) is 11.6. The van der Waals surface area contributed by atoms with Crippen LogP contribution in [0, 0.1) is 0 Å². The highest BCUT2D eigenvalue weighted by Gasteiger charge is 2.51. The molecule has 38 heavy (non-hydrogen) atoms. The molecule has 0 unspecified atom stereocenters. The fourth-order valence-corrected chi connectivity index (χ4v) is 4.55. The Hall–Kier alpha value is -3.91. The van der Waals surface area contributed by atoms with E-state index in [-0.39, 0.29) is 36.3 Å². The number of carbonyl (C=O) groups is 5. The third kappa shape index (κ3) is 8.31. The SMILES string of the molecule is CCC(CC)OC(=O)OCCOC(=O)C1=C(/C=C\c2cccnc2)CS[C@H]2[C@H](N)C(=O)N12.O=C(O)C(=O)O. The lowest BCUT2D eigenvalue weighted by Crippen LogP contribution is -2.68. The molecule has 1 aromatic rings. The molecule has 3 heterocycles. The van der Waals surface area contributed by atoms with Gasteiger partial charge in [0.25, 0.3) is 0 Å². The Morgan fingerprint density at radius 2 is 1.82 bits per heavy atom. The number of thioether (sulfide) groups is 1. The number of hydrogen-bond donors (Lipinski definition) is 3. The maximum atomic E-state index is 12.8. The van der Waals surface area contributed by atoms with E-state index in [0.717, 1.165) is 5.56 Å². The minimum atomic E-state index is -1.82. The molecule has 0 spiro atoms. The van der Waals surface area contributed by atoms with Crippen molar-refractivity contribution in [3.63, 3.8) is 0 Å². The van der Waals surface area contributed by atoms with Gasteiger partial charge in [-0.2, -0.15) is 0 Å². The minimum absolute atomic E-state index is 0.148. The lowest BCUT2D eigenvalue weighted by Gasteiger charge is -2.48. The number of carboxylic acids is 2. The van der Waals surface area contributed by atoms with Crippen molar-refractivity contribution < 1.29 is 48.4 Å². The van der Waals surface area contributed by atoms with E-state index in [0.29, 0.717) is 24.2 Å². The van der Waals surface area contributed by atoms with Crippen molar-refractivity contribution >= 4 is 47.8 Å². The van der Waals surface area contributed by atoms with E-state index in [1.54, 1.807) is 24.5 Å². The Bertz CT molecular complexity index is 1080. The number of fused-ring (bicyclic) bond motifs is 1. The Labute approximate surface area is 222 Å². The lowest BCUT2D eigenvalue weighted by atomic mass is 10.0. The molecule has 206 valence electrons. The number of rotatable bonds is 9. The van der Waals surface area contributed by atoms with Crippen LogP contribution in [-0.4, -0.2) is 86.6 Å². The van der Waals surface area contributed by atoms with Gasteiger partial charge in [0.15, 0.2) is 0 Å². The first kappa shape index (κ1) is 30.3. The topological polar surface area (TPSA) is 196 Å². The summed E-state index contributed by atoms with van der Waals surface area (Å²) in [5, 5.41) is 14.5. The second kappa shape index (κ2) is 14.7. The molecule has 2 aliphatic rings. The van der Waals surface area contributed by atoms with Crippen LogP contribution in [0.5, 0.6) is 0 Å². The molecule has 4 N–H and O–H groups in total. The van der Waals surface area contributed by atoms with E-state index < -0.39 is 30.1 Å². The van der Waals surface area contributed by atoms with Crippen LogP contribution in [0.4, 0.5) is 4.79 Å². The number of hydrogen-bond acceptors (Lipinski definition) is 11. The summed E-state index contributed by atoms with van der Waals surface area (Å²) in [6.45, 7) is 3.52. The summed E-state index contributed by atoms with van der Waals surface area (Å²) in [4.78, 5) is 60.5. The number of carbonyl (C=O) groups excluding carboxylic acids is 3. The van der Waals surface area contributed by atoms with Gasteiger partial charge in [0, 0.05) is 18.1 Å². The summed E-state index contributed by atoms with van der Waals surface area (Å²) >= 11 is 1.49. The molecule has 0 bridgehead atoms. The number of nitrogens with zero attached hydrogens (tertiary/aromatic N) is 2. The number of aliphatic carboxylic acids is 2. The summed E-state index contributed by atoms with van der Waals surface area (Å²) in [7, 11) is 0. The Kier molecular flexibility index (Phi) is 11.8. The Morgan fingerprint density at radius 1 is 1.16 bits per heavy atom. The summed E-state index contributed by atoms with van der Waals surface area (Å²) in [5.74, 6) is -4.14. The first-order chi connectivity index (χ1) is 18.1. The molecule has 0 radical (unpaired) electrons. The standard InChI is InChI=1S/C22H27N3O6S.C2H2O4/c1-3-16(4-2)31-22(28)30-11-10-29-21(27)18-15(8-7-14-6-5-9-24-12-14)13-32-20-17(23)19(26)25(18)20;3-1(4)2(5)6/h5-9,12,16-17,20H,3-4,10-11,13,23H2,1-2H3;(H,3,4)(H,5,6)/b8-7-;/t17-,20+;/m1./s1. The zero-order chi connectivity index (χ0) is 28.2. The predicted octanol–water partition coefficient (Wildman–Crippen LogP) is 1.63. The highest BCUT2D eigenvalue weighted by molar-refractivity contribution is 8.00. The molecule has 1 aromatic heterocycles. The normalized spacial score (nSPS) is 18.2. The molecule has 0 saturated carbocycles. The van der Waals surface area contributed by atoms with Gasteiger partial charge in [0.05, 0.1) is 0 Å². The molecule has 3 rings (SSSR count). The van der Waals surface area contributed by atoms with Crippen LogP contribution in [0.3, 0.4) is 0 Å².